The molecular formula is C16H19N3O2S. The number of rotatable bonds is 6. The van der Waals surface area contributed by atoms with Gasteiger partial charge in [-0.25, -0.2) is 0 Å². The Balaban J connectivity index is 1.47. The van der Waals surface area contributed by atoms with Crippen molar-refractivity contribution in [3.8, 4) is 0 Å². The van der Waals surface area contributed by atoms with Crippen LogP contribution in [0.15, 0.2) is 40.0 Å². The van der Waals surface area contributed by atoms with E-state index < -0.39 is 0 Å². The second-order valence-electron chi connectivity index (χ2n) is 5.34. The van der Waals surface area contributed by atoms with E-state index in [9.17, 15) is 4.79 Å². The highest BCUT2D eigenvalue weighted by molar-refractivity contribution is 7.99. The topological polar surface area (TPSA) is 59.2 Å². The van der Waals surface area contributed by atoms with Crippen LogP contribution in [0.5, 0.6) is 0 Å². The number of aromatic nitrogens is 2. The maximum Gasteiger partial charge on any atom is 0.278 e. The third kappa shape index (κ3) is 4.10. The average Bonchev–Trinajstić information content (AvgIpc) is 3.01. The maximum atomic E-state index is 11.7. The Morgan fingerprint density at radius 1 is 1.14 bits per heavy atom. The van der Waals surface area contributed by atoms with Crippen LogP contribution in [0.2, 0.25) is 0 Å². The Kier molecular flexibility index (Phi) is 5.11. The largest absolute Gasteiger partial charge is 0.416 e. The monoisotopic (exact) mass is 317 g/mol. The number of benzene rings is 1. The van der Waals surface area contributed by atoms with Gasteiger partial charge in [-0.3, -0.25) is 4.79 Å². The Labute approximate surface area is 134 Å². The van der Waals surface area contributed by atoms with Gasteiger partial charge in [0.1, 0.15) is 0 Å². The molecule has 0 spiro atoms. The quantitative estimate of drug-likeness (QED) is 0.767. The van der Waals surface area contributed by atoms with Gasteiger partial charge in [-0.15, -0.1) is 10.2 Å². The molecule has 5 nitrogen and oxygen atoms in total. The molecule has 1 aromatic heterocycles. The van der Waals surface area contributed by atoms with E-state index in [1.54, 1.807) is 0 Å². The molecule has 1 aliphatic rings. The first-order valence-electron chi connectivity index (χ1n) is 7.58. The number of carbonyl (C=O) groups is 1. The van der Waals surface area contributed by atoms with E-state index in [0.29, 0.717) is 23.4 Å². The summed E-state index contributed by atoms with van der Waals surface area (Å²) in [5, 5.41) is 8.66. The second kappa shape index (κ2) is 7.45. The molecule has 1 aromatic carbocycles. The highest BCUT2D eigenvalue weighted by Crippen LogP contribution is 2.21. The summed E-state index contributed by atoms with van der Waals surface area (Å²) in [6, 6.07) is 10.2. The molecule has 1 aliphatic heterocycles. The molecule has 0 atom stereocenters. The van der Waals surface area contributed by atoms with Gasteiger partial charge in [-0.2, -0.15) is 0 Å². The van der Waals surface area contributed by atoms with Crippen LogP contribution < -0.4 is 0 Å². The number of hydrogen-bond acceptors (Lipinski definition) is 5. The SMILES string of the molecule is O=C1CCCCN1CSc1nnc(CCc2ccccc2)o1. The first-order valence-corrected chi connectivity index (χ1v) is 8.57. The summed E-state index contributed by atoms with van der Waals surface area (Å²) in [6.45, 7) is 0.834. The molecule has 1 saturated heterocycles. The summed E-state index contributed by atoms with van der Waals surface area (Å²) >= 11 is 1.44. The third-order valence-corrected chi connectivity index (χ3v) is 4.54. The molecule has 0 bridgehead atoms. The van der Waals surface area contributed by atoms with Crippen molar-refractivity contribution < 1.29 is 9.21 Å². The molecule has 1 fully saturated rings. The van der Waals surface area contributed by atoms with Crippen LogP contribution in [0, 0.1) is 0 Å². The van der Waals surface area contributed by atoms with Crippen molar-refractivity contribution in [1.29, 1.82) is 0 Å². The molecule has 3 rings (SSSR count). The first kappa shape index (κ1) is 15.1. The average molecular weight is 317 g/mol. The van der Waals surface area contributed by atoms with Gasteiger partial charge in [0.2, 0.25) is 11.8 Å². The van der Waals surface area contributed by atoms with Crippen molar-refractivity contribution >= 4 is 17.7 Å². The highest BCUT2D eigenvalue weighted by atomic mass is 32.2. The number of amides is 1. The molecule has 1 amide bonds. The third-order valence-electron chi connectivity index (χ3n) is 3.68. The number of thioether (sulfide) groups is 1. The summed E-state index contributed by atoms with van der Waals surface area (Å²) < 4.78 is 5.63. The Bertz CT molecular complexity index is 615. The molecule has 6 heteroatoms. The zero-order chi connectivity index (χ0) is 15.2. The standard InChI is InChI=1S/C16H19N3O2S/c20-15-8-4-5-11-19(15)12-22-16-18-17-14(21-16)10-9-13-6-2-1-3-7-13/h1-3,6-7H,4-5,8-12H2. The van der Waals surface area contributed by atoms with E-state index in [0.717, 1.165) is 32.2 Å². The molecule has 116 valence electrons. The Morgan fingerprint density at radius 3 is 2.82 bits per heavy atom. The van der Waals surface area contributed by atoms with Crippen LogP contribution in [-0.2, 0) is 17.6 Å². The zero-order valence-corrected chi connectivity index (χ0v) is 13.2. The van der Waals surface area contributed by atoms with Gasteiger partial charge in [0.15, 0.2) is 0 Å². The van der Waals surface area contributed by atoms with E-state index in [1.807, 2.05) is 23.1 Å². The molecular weight excluding hydrogens is 298 g/mol. The molecule has 0 radical (unpaired) electrons. The summed E-state index contributed by atoms with van der Waals surface area (Å²) in [6.07, 6.45) is 4.37. The van der Waals surface area contributed by atoms with E-state index in [2.05, 4.69) is 22.3 Å². The molecule has 2 heterocycles. The van der Waals surface area contributed by atoms with E-state index >= 15 is 0 Å². The number of piperidine rings is 1. The molecule has 22 heavy (non-hydrogen) atoms. The number of hydrogen-bond donors (Lipinski definition) is 0. The summed E-state index contributed by atoms with van der Waals surface area (Å²) in [4.78, 5) is 13.6. The lowest BCUT2D eigenvalue weighted by Gasteiger charge is -2.25. The van der Waals surface area contributed by atoms with Crippen LogP contribution in [0.3, 0.4) is 0 Å². The lowest BCUT2D eigenvalue weighted by atomic mass is 10.1. The summed E-state index contributed by atoms with van der Waals surface area (Å²) in [5.74, 6) is 1.47. The van der Waals surface area contributed by atoms with Crippen molar-refractivity contribution in [1.82, 2.24) is 15.1 Å². The fourth-order valence-corrected chi connectivity index (χ4v) is 3.22. The molecule has 0 unspecified atom stereocenters. The number of aryl methyl sites for hydroxylation is 2. The highest BCUT2D eigenvalue weighted by Gasteiger charge is 2.19. The molecule has 0 saturated carbocycles. The van der Waals surface area contributed by atoms with Crippen molar-refractivity contribution in [3.05, 3.63) is 41.8 Å². The van der Waals surface area contributed by atoms with Crippen molar-refractivity contribution in [2.24, 2.45) is 0 Å². The smallest absolute Gasteiger partial charge is 0.278 e. The van der Waals surface area contributed by atoms with Gasteiger partial charge in [0.05, 0.1) is 5.88 Å². The van der Waals surface area contributed by atoms with E-state index in [4.69, 9.17) is 4.42 Å². The zero-order valence-electron chi connectivity index (χ0n) is 12.4. The minimum absolute atomic E-state index is 0.225. The molecule has 2 aromatic rings. The lowest BCUT2D eigenvalue weighted by Crippen LogP contribution is -2.34. The molecule has 0 N–H and O–H groups in total. The van der Waals surface area contributed by atoms with Gasteiger partial charge in [0, 0.05) is 19.4 Å². The lowest BCUT2D eigenvalue weighted by molar-refractivity contribution is -0.132. The fraction of sp³-hybridized carbons (Fsp3) is 0.438. The number of carbonyl (C=O) groups excluding carboxylic acids is 1. The summed E-state index contributed by atoms with van der Waals surface area (Å²) in [5.41, 5.74) is 1.26. The number of nitrogens with zero attached hydrogens (tertiary/aromatic N) is 3. The normalized spacial score (nSPS) is 15.3. The fourth-order valence-electron chi connectivity index (χ4n) is 2.42. The first-order chi connectivity index (χ1) is 10.8. The predicted molar refractivity (Wildman–Crippen MR) is 84.4 cm³/mol. The number of likely N-dealkylation sites (tertiary alicyclic amines) is 1. The maximum absolute atomic E-state index is 11.7. The van der Waals surface area contributed by atoms with E-state index in [-0.39, 0.29) is 5.91 Å². The molecule has 0 aliphatic carbocycles. The Morgan fingerprint density at radius 2 is 2.00 bits per heavy atom. The van der Waals surface area contributed by atoms with Gasteiger partial charge >= 0.3 is 0 Å². The minimum Gasteiger partial charge on any atom is -0.416 e. The van der Waals surface area contributed by atoms with Crippen LogP contribution in [0.1, 0.15) is 30.7 Å². The summed E-state index contributed by atoms with van der Waals surface area (Å²) in [7, 11) is 0. The van der Waals surface area contributed by atoms with Crippen LogP contribution in [0.25, 0.3) is 0 Å². The second-order valence-corrected chi connectivity index (χ2v) is 6.23. The van der Waals surface area contributed by atoms with Crippen molar-refractivity contribution in [3.63, 3.8) is 0 Å². The van der Waals surface area contributed by atoms with Gasteiger partial charge in [-0.1, -0.05) is 30.3 Å². The predicted octanol–water partition coefficient (Wildman–Crippen LogP) is 2.92. The Hall–Kier alpha value is -1.82. The van der Waals surface area contributed by atoms with Gasteiger partial charge < -0.3 is 9.32 Å². The van der Waals surface area contributed by atoms with Gasteiger partial charge in [-0.05, 0) is 36.6 Å². The van der Waals surface area contributed by atoms with Gasteiger partial charge in [0.25, 0.3) is 5.22 Å². The van der Waals surface area contributed by atoms with Crippen LogP contribution in [0.4, 0.5) is 0 Å². The van der Waals surface area contributed by atoms with E-state index in [1.165, 1.54) is 17.3 Å². The van der Waals surface area contributed by atoms with Crippen molar-refractivity contribution in [2.45, 2.75) is 37.3 Å². The minimum atomic E-state index is 0.225. The van der Waals surface area contributed by atoms with Crippen LogP contribution in [-0.4, -0.2) is 33.4 Å². The van der Waals surface area contributed by atoms with Crippen LogP contribution >= 0.6 is 11.8 Å². The van der Waals surface area contributed by atoms with Crippen molar-refractivity contribution in [2.75, 3.05) is 12.4 Å².